The molecule has 1 heterocycles. The number of carbonyl (C=O) groups excluding carboxylic acids is 2. The second kappa shape index (κ2) is 8.64. The van der Waals surface area contributed by atoms with Gasteiger partial charge in [-0.15, -0.1) is 0 Å². The summed E-state index contributed by atoms with van der Waals surface area (Å²) in [6.45, 7) is 4.85. The van der Waals surface area contributed by atoms with Gasteiger partial charge in [0.05, 0.1) is 6.54 Å². The minimum atomic E-state index is -0.239. The van der Waals surface area contributed by atoms with Crippen LogP contribution in [0.1, 0.15) is 6.92 Å². The largest absolute Gasteiger partial charge is 0.369 e. The summed E-state index contributed by atoms with van der Waals surface area (Å²) in [6, 6.07) is 13.5. The van der Waals surface area contributed by atoms with Crippen LogP contribution < -0.4 is 15.5 Å². The Morgan fingerprint density at radius 3 is 2.22 bits per heavy atom. The fourth-order valence-corrected chi connectivity index (χ4v) is 3.10. The van der Waals surface area contributed by atoms with Gasteiger partial charge in [-0.3, -0.25) is 14.5 Å². The Kier molecular flexibility index (Phi) is 6.03. The van der Waals surface area contributed by atoms with Gasteiger partial charge in [-0.25, -0.2) is 4.39 Å². The second-order valence-electron chi connectivity index (χ2n) is 6.55. The Morgan fingerprint density at radius 1 is 0.963 bits per heavy atom. The smallest absolute Gasteiger partial charge is 0.238 e. The maximum atomic E-state index is 13.0. The maximum absolute atomic E-state index is 13.0. The number of piperazine rings is 1. The molecule has 1 aliphatic heterocycles. The predicted molar refractivity (Wildman–Crippen MR) is 104 cm³/mol. The third kappa shape index (κ3) is 5.52. The minimum Gasteiger partial charge on any atom is -0.369 e. The highest BCUT2D eigenvalue weighted by Crippen LogP contribution is 2.17. The molecule has 0 aromatic heterocycles. The van der Waals surface area contributed by atoms with Crippen molar-refractivity contribution in [3.63, 3.8) is 0 Å². The van der Waals surface area contributed by atoms with Crippen LogP contribution in [0.5, 0.6) is 0 Å². The summed E-state index contributed by atoms with van der Waals surface area (Å²) < 4.78 is 13.0. The van der Waals surface area contributed by atoms with Gasteiger partial charge >= 0.3 is 0 Å². The van der Waals surface area contributed by atoms with Crippen molar-refractivity contribution >= 4 is 28.9 Å². The third-order valence-electron chi connectivity index (χ3n) is 4.40. The average Bonchev–Trinajstić information content (AvgIpc) is 2.63. The lowest BCUT2D eigenvalue weighted by Crippen LogP contribution is -2.48. The molecule has 2 N–H and O–H groups in total. The highest BCUT2D eigenvalue weighted by atomic mass is 19.1. The van der Waals surface area contributed by atoms with E-state index in [-0.39, 0.29) is 17.6 Å². The molecular weight excluding hydrogens is 347 g/mol. The van der Waals surface area contributed by atoms with Gasteiger partial charge in [-0.05, 0) is 42.5 Å². The molecule has 3 rings (SSSR count). The van der Waals surface area contributed by atoms with E-state index in [1.807, 2.05) is 0 Å². The van der Waals surface area contributed by atoms with Crippen LogP contribution in [-0.2, 0) is 9.59 Å². The Labute approximate surface area is 158 Å². The van der Waals surface area contributed by atoms with Crippen LogP contribution in [-0.4, -0.2) is 49.4 Å². The highest BCUT2D eigenvalue weighted by molar-refractivity contribution is 5.94. The van der Waals surface area contributed by atoms with Crippen LogP contribution in [0.15, 0.2) is 48.5 Å². The van der Waals surface area contributed by atoms with Crippen LogP contribution in [0.2, 0.25) is 0 Å². The summed E-state index contributed by atoms with van der Waals surface area (Å²) in [4.78, 5) is 27.7. The zero-order valence-corrected chi connectivity index (χ0v) is 15.2. The fraction of sp³-hybridized carbons (Fsp3) is 0.300. The number of halogens is 1. The monoisotopic (exact) mass is 370 g/mol. The molecule has 0 spiro atoms. The van der Waals surface area contributed by atoms with Crippen molar-refractivity contribution < 1.29 is 14.0 Å². The lowest BCUT2D eigenvalue weighted by atomic mass is 10.2. The van der Waals surface area contributed by atoms with Gasteiger partial charge in [-0.2, -0.15) is 0 Å². The molecule has 2 aromatic carbocycles. The Morgan fingerprint density at radius 2 is 1.59 bits per heavy atom. The van der Waals surface area contributed by atoms with E-state index >= 15 is 0 Å². The lowest BCUT2D eigenvalue weighted by molar-refractivity contribution is -0.117. The van der Waals surface area contributed by atoms with E-state index in [0.717, 1.165) is 31.9 Å². The first-order valence-electron chi connectivity index (χ1n) is 8.90. The van der Waals surface area contributed by atoms with Crippen molar-refractivity contribution in [1.82, 2.24) is 4.90 Å². The van der Waals surface area contributed by atoms with Gasteiger partial charge in [0.15, 0.2) is 0 Å². The molecule has 7 heteroatoms. The van der Waals surface area contributed by atoms with E-state index in [2.05, 4.69) is 20.4 Å². The van der Waals surface area contributed by atoms with Gasteiger partial charge < -0.3 is 15.5 Å². The quantitative estimate of drug-likeness (QED) is 0.849. The van der Waals surface area contributed by atoms with Crippen LogP contribution in [0.25, 0.3) is 0 Å². The summed E-state index contributed by atoms with van der Waals surface area (Å²) in [7, 11) is 0. The number of hydrogen-bond acceptors (Lipinski definition) is 4. The molecule has 6 nitrogen and oxygen atoms in total. The van der Waals surface area contributed by atoms with Crippen molar-refractivity contribution in [2.45, 2.75) is 6.92 Å². The Hall–Kier alpha value is -2.93. The van der Waals surface area contributed by atoms with Crippen molar-refractivity contribution in [3.05, 3.63) is 54.3 Å². The van der Waals surface area contributed by atoms with Crippen LogP contribution in [0, 0.1) is 5.82 Å². The van der Waals surface area contributed by atoms with Crippen molar-refractivity contribution in [3.8, 4) is 0 Å². The van der Waals surface area contributed by atoms with Gasteiger partial charge in [-0.1, -0.05) is 6.07 Å². The summed E-state index contributed by atoms with van der Waals surface area (Å²) in [5.41, 5.74) is 2.29. The second-order valence-corrected chi connectivity index (χ2v) is 6.55. The molecule has 1 aliphatic rings. The summed E-state index contributed by atoms with van der Waals surface area (Å²) >= 11 is 0. The molecule has 1 saturated heterocycles. The van der Waals surface area contributed by atoms with Gasteiger partial charge in [0.1, 0.15) is 5.82 Å². The zero-order chi connectivity index (χ0) is 19.2. The number of carbonyl (C=O) groups is 2. The summed E-state index contributed by atoms with van der Waals surface area (Å²) in [5.74, 6) is -0.487. The normalized spacial score (nSPS) is 14.7. The maximum Gasteiger partial charge on any atom is 0.238 e. The van der Waals surface area contributed by atoms with E-state index in [9.17, 15) is 14.0 Å². The molecule has 2 amide bonds. The number of hydrogen-bond donors (Lipinski definition) is 2. The van der Waals surface area contributed by atoms with Crippen molar-refractivity contribution in [2.75, 3.05) is 48.3 Å². The first-order valence-corrected chi connectivity index (χ1v) is 8.90. The summed E-state index contributed by atoms with van der Waals surface area (Å²) in [6.07, 6.45) is 0. The first-order chi connectivity index (χ1) is 13.0. The number of nitrogens with one attached hydrogen (secondary N) is 2. The van der Waals surface area contributed by atoms with Crippen molar-refractivity contribution in [2.24, 2.45) is 0 Å². The molecule has 0 unspecified atom stereocenters. The molecule has 0 bridgehead atoms. The molecule has 142 valence electrons. The molecule has 1 fully saturated rings. The Balaban J connectivity index is 1.48. The molecule has 2 aromatic rings. The topological polar surface area (TPSA) is 64.7 Å². The molecule has 0 atom stereocenters. The predicted octanol–water partition coefficient (Wildman–Crippen LogP) is 2.54. The van der Waals surface area contributed by atoms with Gasteiger partial charge in [0.2, 0.25) is 11.8 Å². The standard InChI is InChI=1S/C20H23FN4O2/c1-15(26)22-17-3-2-4-18(13-17)23-20(27)14-24-9-11-25(12-10-24)19-7-5-16(21)6-8-19/h2-8,13H,9-12,14H2,1H3,(H,22,26)(H,23,27). The molecular formula is C20H23FN4O2. The fourth-order valence-electron chi connectivity index (χ4n) is 3.10. The Bertz CT molecular complexity index is 802. The number of benzene rings is 2. The number of anilines is 3. The number of rotatable bonds is 5. The molecule has 27 heavy (non-hydrogen) atoms. The number of nitrogens with zero attached hydrogens (tertiary/aromatic N) is 2. The number of amides is 2. The average molecular weight is 370 g/mol. The van der Waals surface area contributed by atoms with E-state index in [4.69, 9.17) is 0 Å². The minimum absolute atomic E-state index is 0.0924. The van der Waals surface area contributed by atoms with Gasteiger partial charge in [0.25, 0.3) is 0 Å². The summed E-state index contributed by atoms with van der Waals surface area (Å²) in [5, 5.41) is 5.56. The van der Waals surface area contributed by atoms with E-state index in [1.54, 1.807) is 36.4 Å². The zero-order valence-electron chi connectivity index (χ0n) is 15.2. The van der Waals surface area contributed by atoms with Crippen molar-refractivity contribution in [1.29, 1.82) is 0 Å². The SMILES string of the molecule is CC(=O)Nc1cccc(NC(=O)CN2CCN(c3ccc(F)cc3)CC2)c1. The van der Waals surface area contributed by atoms with Crippen LogP contribution in [0.4, 0.5) is 21.5 Å². The highest BCUT2D eigenvalue weighted by Gasteiger charge is 2.19. The molecule has 0 saturated carbocycles. The van der Waals surface area contributed by atoms with Crippen LogP contribution >= 0.6 is 0 Å². The van der Waals surface area contributed by atoms with Gasteiger partial charge in [0, 0.05) is 50.2 Å². The molecule has 0 aliphatic carbocycles. The third-order valence-corrected chi connectivity index (χ3v) is 4.40. The van der Waals surface area contributed by atoms with E-state index < -0.39 is 0 Å². The van der Waals surface area contributed by atoms with E-state index in [0.29, 0.717) is 17.9 Å². The first kappa shape index (κ1) is 18.8. The molecule has 0 radical (unpaired) electrons. The van der Waals surface area contributed by atoms with Crippen LogP contribution in [0.3, 0.4) is 0 Å². The lowest BCUT2D eigenvalue weighted by Gasteiger charge is -2.35. The van der Waals surface area contributed by atoms with E-state index in [1.165, 1.54) is 19.1 Å².